The van der Waals surface area contributed by atoms with Crippen molar-refractivity contribution >= 4 is 33.2 Å². The van der Waals surface area contributed by atoms with Crippen LogP contribution in [0.15, 0.2) is 192 Å². The number of nitrogens with zero attached hydrogens (tertiary/aromatic N) is 3. The second kappa shape index (κ2) is 13.7. The van der Waals surface area contributed by atoms with Crippen molar-refractivity contribution in [2.75, 3.05) is 0 Å². The van der Waals surface area contributed by atoms with Crippen LogP contribution < -0.4 is 0 Å². The average molecular weight is 668 g/mol. The van der Waals surface area contributed by atoms with Gasteiger partial charge in [-0.3, -0.25) is 9.98 Å². The second-order valence-electron chi connectivity index (χ2n) is 13.4. The van der Waals surface area contributed by atoms with Gasteiger partial charge < -0.3 is 0 Å². The molecule has 0 amide bonds. The third-order valence-corrected chi connectivity index (χ3v) is 10.4. The van der Waals surface area contributed by atoms with Crippen molar-refractivity contribution in [3.63, 3.8) is 0 Å². The van der Waals surface area contributed by atoms with Gasteiger partial charge in [0.2, 0.25) is 0 Å². The lowest BCUT2D eigenvalue weighted by Crippen LogP contribution is -2.28. The fraction of sp³-hybridized carbons (Fsp3) is 0.0816. The number of aliphatic imine (C=N–C) groups is 2. The molecule has 52 heavy (non-hydrogen) atoms. The summed E-state index contributed by atoms with van der Waals surface area (Å²) >= 11 is 0. The molecule has 0 saturated heterocycles. The molecule has 0 aliphatic carbocycles. The van der Waals surface area contributed by atoms with Gasteiger partial charge in [0.05, 0.1) is 17.3 Å². The van der Waals surface area contributed by atoms with Crippen LogP contribution in [0.2, 0.25) is 0 Å². The number of benzene rings is 7. The summed E-state index contributed by atoms with van der Waals surface area (Å²) in [6.07, 6.45) is 2.85. The van der Waals surface area contributed by atoms with Gasteiger partial charge in [0, 0.05) is 23.1 Å². The molecule has 3 nitrogen and oxygen atoms in total. The van der Waals surface area contributed by atoms with Gasteiger partial charge >= 0.3 is 0 Å². The first-order chi connectivity index (χ1) is 25.7. The van der Waals surface area contributed by atoms with Crippen molar-refractivity contribution in [2.24, 2.45) is 15.9 Å². The number of rotatable bonds is 7. The number of hydrogen-bond acceptors (Lipinski definition) is 3. The van der Waals surface area contributed by atoms with E-state index in [4.69, 9.17) is 9.98 Å². The standard InChI is InChI=1S/C49H37N3/c1-2-39-47(36-13-5-3-6-14-36)51-49(52-48(39)37-15-7-4-8-16-37)38-27-25-34(26-28-38)41-30-29-40(43-17-9-10-18-44(41)43)33-21-23-35(24-22-33)42-31-32-50-46-20-12-11-19-45(42)46/h3-32,39,47H,2H2,1H3/t39?,47-/m1/s1. The van der Waals surface area contributed by atoms with Gasteiger partial charge in [-0.25, -0.2) is 4.99 Å². The Bertz CT molecular complexity index is 2580. The lowest BCUT2D eigenvalue weighted by molar-refractivity contribution is 0.532. The third-order valence-electron chi connectivity index (χ3n) is 10.4. The van der Waals surface area contributed by atoms with E-state index < -0.39 is 0 Å². The zero-order chi connectivity index (χ0) is 34.9. The molecular formula is C49H37N3. The van der Waals surface area contributed by atoms with E-state index in [1.165, 1.54) is 55.1 Å². The Balaban J connectivity index is 1.06. The molecule has 0 bridgehead atoms. The molecule has 2 atom stereocenters. The topological polar surface area (TPSA) is 37.6 Å². The zero-order valence-corrected chi connectivity index (χ0v) is 29.0. The van der Waals surface area contributed by atoms with Crippen LogP contribution in [0.4, 0.5) is 0 Å². The summed E-state index contributed by atoms with van der Waals surface area (Å²) in [5.41, 5.74) is 12.7. The Morgan fingerprint density at radius 1 is 0.442 bits per heavy atom. The van der Waals surface area contributed by atoms with E-state index in [0.29, 0.717) is 0 Å². The molecule has 0 saturated carbocycles. The molecule has 2 heterocycles. The van der Waals surface area contributed by atoms with Crippen molar-refractivity contribution in [3.8, 4) is 33.4 Å². The van der Waals surface area contributed by atoms with Crippen LogP contribution in [-0.2, 0) is 0 Å². The van der Waals surface area contributed by atoms with Crippen LogP contribution in [0, 0.1) is 5.92 Å². The van der Waals surface area contributed by atoms with Crippen LogP contribution in [0.3, 0.4) is 0 Å². The molecule has 3 heteroatoms. The van der Waals surface area contributed by atoms with Crippen LogP contribution in [0.25, 0.3) is 55.1 Å². The molecule has 248 valence electrons. The summed E-state index contributed by atoms with van der Waals surface area (Å²) in [6.45, 7) is 2.24. The highest BCUT2D eigenvalue weighted by Crippen LogP contribution is 2.39. The molecule has 1 unspecified atom stereocenters. The fourth-order valence-corrected chi connectivity index (χ4v) is 7.78. The molecular weight excluding hydrogens is 631 g/mol. The molecule has 1 aromatic heterocycles. The number of pyridine rings is 1. The van der Waals surface area contributed by atoms with E-state index in [2.05, 4.69) is 182 Å². The molecule has 0 fully saturated rings. The molecule has 0 radical (unpaired) electrons. The molecule has 0 N–H and O–H groups in total. The number of fused-ring (bicyclic) bond motifs is 2. The van der Waals surface area contributed by atoms with Gasteiger partial charge in [-0.2, -0.15) is 0 Å². The maximum atomic E-state index is 5.31. The molecule has 1 aliphatic heterocycles. The first-order valence-electron chi connectivity index (χ1n) is 18.1. The molecule has 7 aromatic carbocycles. The van der Waals surface area contributed by atoms with Crippen molar-refractivity contribution in [2.45, 2.75) is 19.4 Å². The van der Waals surface area contributed by atoms with Crippen molar-refractivity contribution in [1.29, 1.82) is 0 Å². The van der Waals surface area contributed by atoms with Crippen molar-refractivity contribution < 1.29 is 0 Å². The highest BCUT2D eigenvalue weighted by atomic mass is 15.0. The largest absolute Gasteiger partial charge is 0.257 e. The SMILES string of the molecule is CCC1C(c2ccccc2)=NC(c2ccc(-c3ccc(-c4ccc(-c5ccnc6ccccc56)cc4)c4ccccc34)cc2)=N[C@@H]1c1ccccc1. The Hall–Kier alpha value is -6.45. The van der Waals surface area contributed by atoms with E-state index in [1.54, 1.807) is 0 Å². The van der Waals surface area contributed by atoms with Crippen LogP contribution in [-0.4, -0.2) is 16.5 Å². The lowest BCUT2D eigenvalue weighted by Gasteiger charge is -2.30. The molecule has 8 aromatic rings. The molecule has 1 aliphatic rings. The molecule has 9 rings (SSSR count). The van der Waals surface area contributed by atoms with Crippen LogP contribution in [0.1, 0.15) is 36.1 Å². The highest BCUT2D eigenvalue weighted by Gasteiger charge is 2.31. The Kier molecular flexibility index (Phi) is 8.30. The smallest absolute Gasteiger partial charge is 0.155 e. The predicted octanol–water partition coefficient (Wildman–Crippen LogP) is 12.4. The molecule has 0 spiro atoms. The summed E-state index contributed by atoms with van der Waals surface area (Å²) in [4.78, 5) is 15.1. The number of hydrogen-bond donors (Lipinski definition) is 0. The number of amidine groups is 1. The third kappa shape index (κ3) is 5.80. The number of aromatic nitrogens is 1. The van der Waals surface area contributed by atoms with Gasteiger partial charge in [-0.15, -0.1) is 0 Å². The van der Waals surface area contributed by atoms with Crippen LogP contribution >= 0.6 is 0 Å². The van der Waals surface area contributed by atoms with E-state index in [0.717, 1.165) is 34.6 Å². The average Bonchev–Trinajstić information content (AvgIpc) is 3.23. The monoisotopic (exact) mass is 667 g/mol. The van der Waals surface area contributed by atoms with Gasteiger partial charge in [0.25, 0.3) is 0 Å². The van der Waals surface area contributed by atoms with E-state index >= 15 is 0 Å². The van der Waals surface area contributed by atoms with E-state index in [9.17, 15) is 0 Å². The fourth-order valence-electron chi connectivity index (χ4n) is 7.78. The first-order valence-corrected chi connectivity index (χ1v) is 18.1. The Morgan fingerprint density at radius 3 is 1.54 bits per heavy atom. The summed E-state index contributed by atoms with van der Waals surface area (Å²) in [5.74, 6) is 0.983. The lowest BCUT2D eigenvalue weighted by atomic mass is 9.83. The van der Waals surface area contributed by atoms with Crippen molar-refractivity contribution in [1.82, 2.24) is 4.98 Å². The summed E-state index contributed by atoms with van der Waals surface area (Å²) in [7, 11) is 0. The maximum Gasteiger partial charge on any atom is 0.155 e. The van der Waals surface area contributed by atoms with Gasteiger partial charge in [-0.05, 0) is 73.8 Å². The van der Waals surface area contributed by atoms with E-state index in [1.807, 2.05) is 12.3 Å². The predicted molar refractivity (Wildman–Crippen MR) is 218 cm³/mol. The summed E-state index contributed by atoms with van der Waals surface area (Å²) in [6, 6.07) is 62.7. The summed E-state index contributed by atoms with van der Waals surface area (Å²) < 4.78 is 0. The zero-order valence-electron chi connectivity index (χ0n) is 29.0. The van der Waals surface area contributed by atoms with Gasteiger partial charge in [0.1, 0.15) is 0 Å². The minimum atomic E-state index is 0.00295. The minimum absolute atomic E-state index is 0.00295. The first kappa shape index (κ1) is 31.5. The second-order valence-corrected chi connectivity index (χ2v) is 13.4. The normalized spacial score (nSPS) is 15.7. The quantitative estimate of drug-likeness (QED) is 0.167. The van der Waals surface area contributed by atoms with Gasteiger partial charge in [-0.1, -0.05) is 171 Å². The minimum Gasteiger partial charge on any atom is -0.257 e. The van der Waals surface area contributed by atoms with Crippen molar-refractivity contribution in [3.05, 3.63) is 199 Å². The number of para-hydroxylation sites is 1. The Labute approximate surface area is 304 Å². The van der Waals surface area contributed by atoms with E-state index in [-0.39, 0.29) is 12.0 Å². The highest BCUT2D eigenvalue weighted by molar-refractivity contribution is 6.15. The van der Waals surface area contributed by atoms with Gasteiger partial charge in [0.15, 0.2) is 5.84 Å². The van der Waals surface area contributed by atoms with Crippen LogP contribution in [0.5, 0.6) is 0 Å². The summed E-state index contributed by atoms with van der Waals surface area (Å²) in [5, 5.41) is 3.63. The Morgan fingerprint density at radius 2 is 0.942 bits per heavy atom. The maximum absolute atomic E-state index is 5.31.